The summed E-state index contributed by atoms with van der Waals surface area (Å²) in [6, 6.07) is 17.8. The van der Waals surface area contributed by atoms with Crippen LogP contribution in [0.3, 0.4) is 0 Å². The van der Waals surface area contributed by atoms with Gasteiger partial charge in [-0.05, 0) is 29.1 Å². The minimum atomic E-state index is -0.0410. The maximum absolute atomic E-state index is 12.4. The smallest absolute Gasteiger partial charge is 0.226 e. The number of anilines is 1. The van der Waals surface area contributed by atoms with E-state index in [2.05, 4.69) is 28.1 Å². The summed E-state index contributed by atoms with van der Waals surface area (Å²) in [6.45, 7) is 2.62. The number of nitrogens with zero attached hydrogens (tertiary/aromatic N) is 2. The SMILES string of the molecule is CC(=O)N(C)Cc1ccccc1NC(=O)CCn1ccc2ccccc21. The van der Waals surface area contributed by atoms with Crippen molar-refractivity contribution in [1.29, 1.82) is 0 Å². The van der Waals surface area contributed by atoms with Crippen LogP contribution in [0.15, 0.2) is 60.8 Å². The number of para-hydroxylation sites is 2. The van der Waals surface area contributed by atoms with E-state index in [0.29, 0.717) is 19.5 Å². The number of aryl methyl sites for hydroxylation is 1. The Morgan fingerprint density at radius 3 is 2.58 bits per heavy atom. The highest BCUT2D eigenvalue weighted by Crippen LogP contribution is 2.18. The fourth-order valence-corrected chi connectivity index (χ4v) is 2.92. The molecule has 0 saturated heterocycles. The molecule has 0 bridgehead atoms. The standard InChI is InChI=1S/C21H23N3O2/c1-16(25)23(2)15-18-8-3-5-9-19(18)22-21(26)12-14-24-13-11-17-7-4-6-10-20(17)24/h3-11,13H,12,14-15H2,1-2H3,(H,22,26). The Labute approximate surface area is 153 Å². The molecular weight excluding hydrogens is 326 g/mol. The molecule has 5 nitrogen and oxygen atoms in total. The molecule has 1 heterocycles. The summed E-state index contributed by atoms with van der Waals surface area (Å²) >= 11 is 0. The van der Waals surface area contributed by atoms with E-state index in [1.165, 1.54) is 12.3 Å². The molecule has 0 saturated carbocycles. The predicted octanol–water partition coefficient (Wildman–Crippen LogP) is 3.65. The number of carbonyl (C=O) groups is 2. The normalized spacial score (nSPS) is 10.7. The van der Waals surface area contributed by atoms with Gasteiger partial charge in [0.15, 0.2) is 0 Å². The van der Waals surface area contributed by atoms with Gasteiger partial charge in [0.1, 0.15) is 0 Å². The van der Waals surface area contributed by atoms with E-state index in [-0.39, 0.29) is 11.8 Å². The minimum Gasteiger partial charge on any atom is -0.347 e. The first-order valence-corrected chi connectivity index (χ1v) is 8.68. The monoisotopic (exact) mass is 349 g/mol. The van der Waals surface area contributed by atoms with Crippen molar-refractivity contribution in [1.82, 2.24) is 9.47 Å². The molecule has 0 radical (unpaired) electrons. The summed E-state index contributed by atoms with van der Waals surface area (Å²) in [4.78, 5) is 25.5. The number of carbonyl (C=O) groups excluding carboxylic acids is 2. The molecule has 0 aliphatic rings. The van der Waals surface area contributed by atoms with Crippen molar-refractivity contribution in [3.05, 3.63) is 66.4 Å². The number of hydrogen-bond donors (Lipinski definition) is 1. The molecule has 0 unspecified atom stereocenters. The molecular formula is C21H23N3O2. The molecule has 2 aromatic carbocycles. The molecule has 0 spiro atoms. The summed E-state index contributed by atoms with van der Waals surface area (Å²) in [5.41, 5.74) is 2.80. The van der Waals surface area contributed by atoms with Gasteiger partial charge in [0.2, 0.25) is 11.8 Å². The number of benzene rings is 2. The lowest BCUT2D eigenvalue weighted by Crippen LogP contribution is -2.24. The second-order valence-electron chi connectivity index (χ2n) is 6.40. The van der Waals surface area contributed by atoms with Gasteiger partial charge in [0.05, 0.1) is 0 Å². The molecule has 1 N–H and O–H groups in total. The first kappa shape index (κ1) is 17.7. The summed E-state index contributed by atoms with van der Waals surface area (Å²) in [6.07, 6.45) is 2.39. The number of amides is 2. The van der Waals surface area contributed by atoms with E-state index in [4.69, 9.17) is 0 Å². The van der Waals surface area contributed by atoms with Crippen LogP contribution in [0.1, 0.15) is 18.9 Å². The zero-order chi connectivity index (χ0) is 18.5. The summed E-state index contributed by atoms with van der Waals surface area (Å²) in [5.74, 6) is -0.0497. The van der Waals surface area contributed by atoms with Crippen LogP contribution in [0.5, 0.6) is 0 Å². The zero-order valence-electron chi connectivity index (χ0n) is 15.1. The number of aromatic nitrogens is 1. The van der Waals surface area contributed by atoms with Crippen molar-refractivity contribution in [2.24, 2.45) is 0 Å². The van der Waals surface area contributed by atoms with Gasteiger partial charge in [-0.1, -0.05) is 36.4 Å². The van der Waals surface area contributed by atoms with Gasteiger partial charge >= 0.3 is 0 Å². The first-order chi connectivity index (χ1) is 12.5. The van der Waals surface area contributed by atoms with E-state index in [0.717, 1.165) is 16.8 Å². The molecule has 3 rings (SSSR count). The highest BCUT2D eigenvalue weighted by Gasteiger charge is 2.10. The number of nitrogens with one attached hydrogen (secondary N) is 1. The molecule has 0 fully saturated rings. The first-order valence-electron chi connectivity index (χ1n) is 8.68. The Morgan fingerprint density at radius 2 is 1.77 bits per heavy atom. The summed E-state index contributed by atoms with van der Waals surface area (Å²) in [5, 5.41) is 4.15. The van der Waals surface area contributed by atoms with Crippen molar-refractivity contribution < 1.29 is 9.59 Å². The van der Waals surface area contributed by atoms with Crippen molar-refractivity contribution in [2.45, 2.75) is 26.4 Å². The molecule has 5 heteroatoms. The third kappa shape index (κ3) is 4.11. The molecule has 0 atom stereocenters. The van der Waals surface area contributed by atoms with E-state index in [1.807, 2.05) is 42.6 Å². The van der Waals surface area contributed by atoms with Gasteiger partial charge in [-0.2, -0.15) is 0 Å². The topological polar surface area (TPSA) is 54.3 Å². The van der Waals surface area contributed by atoms with Crippen LogP contribution in [0.2, 0.25) is 0 Å². The van der Waals surface area contributed by atoms with Crippen LogP contribution < -0.4 is 5.32 Å². The molecule has 26 heavy (non-hydrogen) atoms. The maximum atomic E-state index is 12.4. The lowest BCUT2D eigenvalue weighted by molar-refractivity contribution is -0.128. The Kier molecular flexibility index (Phi) is 5.37. The average molecular weight is 349 g/mol. The summed E-state index contributed by atoms with van der Waals surface area (Å²) in [7, 11) is 1.75. The van der Waals surface area contributed by atoms with E-state index >= 15 is 0 Å². The fourth-order valence-electron chi connectivity index (χ4n) is 2.92. The van der Waals surface area contributed by atoms with Gasteiger partial charge < -0.3 is 14.8 Å². The molecule has 0 aliphatic heterocycles. The average Bonchev–Trinajstić information content (AvgIpc) is 3.04. The number of fused-ring (bicyclic) bond motifs is 1. The van der Waals surface area contributed by atoms with Gasteiger partial charge in [-0.3, -0.25) is 9.59 Å². The Bertz CT molecular complexity index is 930. The van der Waals surface area contributed by atoms with E-state index in [9.17, 15) is 9.59 Å². The van der Waals surface area contributed by atoms with Crippen LogP contribution in [-0.2, 0) is 22.7 Å². The van der Waals surface area contributed by atoms with Crippen molar-refractivity contribution in [3.63, 3.8) is 0 Å². The maximum Gasteiger partial charge on any atom is 0.226 e. The van der Waals surface area contributed by atoms with Gasteiger partial charge in [-0.15, -0.1) is 0 Å². The van der Waals surface area contributed by atoms with Gasteiger partial charge in [0, 0.05) is 50.9 Å². The Balaban J connectivity index is 1.64. The van der Waals surface area contributed by atoms with Crippen molar-refractivity contribution in [2.75, 3.05) is 12.4 Å². The number of rotatable bonds is 6. The van der Waals surface area contributed by atoms with Crippen LogP contribution >= 0.6 is 0 Å². The highest BCUT2D eigenvalue weighted by atomic mass is 16.2. The third-order valence-corrected chi connectivity index (χ3v) is 4.50. The van der Waals surface area contributed by atoms with E-state index in [1.54, 1.807) is 11.9 Å². The molecule has 0 aliphatic carbocycles. The molecule has 134 valence electrons. The Hall–Kier alpha value is -3.08. The van der Waals surface area contributed by atoms with Crippen LogP contribution in [0.4, 0.5) is 5.69 Å². The van der Waals surface area contributed by atoms with Crippen LogP contribution in [0, 0.1) is 0 Å². The van der Waals surface area contributed by atoms with E-state index < -0.39 is 0 Å². The lowest BCUT2D eigenvalue weighted by Gasteiger charge is -2.18. The van der Waals surface area contributed by atoms with Crippen molar-refractivity contribution in [3.8, 4) is 0 Å². The van der Waals surface area contributed by atoms with Crippen molar-refractivity contribution >= 4 is 28.4 Å². The van der Waals surface area contributed by atoms with Crippen LogP contribution in [0.25, 0.3) is 10.9 Å². The quantitative estimate of drug-likeness (QED) is 0.738. The summed E-state index contributed by atoms with van der Waals surface area (Å²) < 4.78 is 2.09. The Morgan fingerprint density at radius 1 is 1.04 bits per heavy atom. The molecule has 1 aromatic heterocycles. The lowest BCUT2D eigenvalue weighted by atomic mass is 10.1. The molecule has 3 aromatic rings. The molecule has 2 amide bonds. The van der Waals surface area contributed by atoms with Gasteiger partial charge in [0.25, 0.3) is 0 Å². The largest absolute Gasteiger partial charge is 0.347 e. The van der Waals surface area contributed by atoms with Crippen LogP contribution in [-0.4, -0.2) is 28.3 Å². The van der Waals surface area contributed by atoms with Gasteiger partial charge in [-0.25, -0.2) is 0 Å². The third-order valence-electron chi connectivity index (χ3n) is 4.50. The highest BCUT2D eigenvalue weighted by molar-refractivity contribution is 5.91. The minimum absolute atomic E-state index is 0.00869. The fraction of sp³-hybridized carbons (Fsp3) is 0.238. The second-order valence-corrected chi connectivity index (χ2v) is 6.40. The number of hydrogen-bond acceptors (Lipinski definition) is 2. The second kappa shape index (κ2) is 7.87. The zero-order valence-corrected chi connectivity index (χ0v) is 15.1. The predicted molar refractivity (Wildman–Crippen MR) is 104 cm³/mol.